The summed E-state index contributed by atoms with van der Waals surface area (Å²) in [6.07, 6.45) is 1.01. The van der Waals surface area contributed by atoms with E-state index in [1.54, 1.807) is 18.3 Å². The van der Waals surface area contributed by atoms with E-state index in [2.05, 4.69) is 39.5 Å². The number of imidazole rings is 1. The normalized spacial score (nSPS) is 14.4. The van der Waals surface area contributed by atoms with Gasteiger partial charge in [0.25, 0.3) is 0 Å². The lowest BCUT2D eigenvalue weighted by atomic mass is 10.1. The van der Waals surface area contributed by atoms with Crippen LogP contribution in [0.15, 0.2) is 52.8 Å². The minimum absolute atomic E-state index is 0.324. The zero-order valence-electron chi connectivity index (χ0n) is 13.7. The molecule has 0 amide bonds. The molecule has 0 spiro atoms. The van der Waals surface area contributed by atoms with Gasteiger partial charge in [-0.05, 0) is 24.3 Å². The number of thiol groups is 1. The van der Waals surface area contributed by atoms with Gasteiger partial charge in [0.2, 0.25) is 6.29 Å². The number of nitrogens with zero attached hydrogens (tertiary/aromatic N) is 2. The molecule has 1 aromatic heterocycles. The van der Waals surface area contributed by atoms with Crippen molar-refractivity contribution in [1.82, 2.24) is 15.3 Å². The maximum Gasteiger partial charge on any atom is 0.216 e. The molecule has 1 aliphatic heterocycles. The van der Waals surface area contributed by atoms with Crippen LogP contribution < -0.4 is 5.32 Å². The highest BCUT2D eigenvalue weighted by atomic mass is 32.1. The molecule has 0 bridgehead atoms. The first kappa shape index (κ1) is 17.4. The summed E-state index contributed by atoms with van der Waals surface area (Å²) in [5, 5.41) is 2.90. The Kier molecular flexibility index (Phi) is 5.03. The van der Waals surface area contributed by atoms with Crippen molar-refractivity contribution in [1.29, 1.82) is 0 Å². The van der Waals surface area contributed by atoms with E-state index in [0.29, 0.717) is 33.7 Å². The van der Waals surface area contributed by atoms with Gasteiger partial charge in [-0.15, -0.1) is 12.6 Å². The van der Waals surface area contributed by atoms with Crippen molar-refractivity contribution < 1.29 is 13.9 Å². The molecule has 25 heavy (non-hydrogen) atoms. The number of aromatic amines is 1. The Labute approximate surface area is 149 Å². The van der Waals surface area contributed by atoms with Gasteiger partial charge in [-0.1, -0.05) is 6.58 Å². The summed E-state index contributed by atoms with van der Waals surface area (Å²) in [7, 11) is 3.03. The lowest BCUT2D eigenvalue weighted by molar-refractivity contribution is -0.111. The van der Waals surface area contributed by atoms with Crippen molar-refractivity contribution in [2.45, 2.75) is 6.29 Å². The van der Waals surface area contributed by atoms with Gasteiger partial charge < -0.3 is 19.8 Å². The number of aromatic nitrogens is 2. The van der Waals surface area contributed by atoms with E-state index in [1.165, 1.54) is 26.4 Å². The monoisotopic (exact) mass is 360 g/mol. The number of rotatable bonds is 5. The summed E-state index contributed by atoms with van der Waals surface area (Å²) in [4.78, 5) is 12.7. The van der Waals surface area contributed by atoms with Gasteiger partial charge >= 0.3 is 0 Å². The van der Waals surface area contributed by atoms with E-state index in [4.69, 9.17) is 9.47 Å². The first-order valence-electron chi connectivity index (χ1n) is 7.39. The molecule has 6 nitrogen and oxygen atoms in total. The van der Waals surface area contributed by atoms with Gasteiger partial charge in [-0.3, -0.25) is 0 Å². The minimum Gasteiger partial charge on any atom is -0.349 e. The molecule has 2 aromatic rings. The number of H-pyrrole nitrogens is 1. The molecule has 8 heteroatoms. The maximum absolute atomic E-state index is 13.3. The van der Waals surface area contributed by atoms with Crippen molar-refractivity contribution >= 4 is 18.3 Å². The van der Waals surface area contributed by atoms with E-state index in [1.807, 2.05) is 0 Å². The van der Waals surface area contributed by atoms with Crippen LogP contribution in [0.2, 0.25) is 0 Å². The maximum atomic E-state index is 13.3. The third-order valence-electron chi connectivity index (χ3n) is 3.59. The molecule has 130 valence electrons. The molecule has 1 aromatic carbocycles. The van der Waals surface area contributed by atoms with E-state index in [9.17, 15) is 4.39 Å². The summed E-state index contributed by atoms with van der Waals surface area (Å²) in [5.41, 5.74) is 2.49. The van der Waals surface area contributed by atoms with Crippen LogP contribution in [0.4, 0.5) is 4.39 Å². The first-order valence-corrected chi connectivity index (χ1v) is 7.83. The number of hydrogen-bond donors (Lipinski definition) is 3. The van der Waals surface area contributed by atoms with Crippen molar-refractivity contribution in [3.05, 3.63) is 65.1 Å². The molecule has 2 N–H and O–H groups in total. The van der Waals surface area contributed by atoms with Crippen LogP contribution in [0.25, 0.3) is 11.3 Å². The van der Waals surface area contributed by atoms with Gasteiger partial charge in [-0.25, -0.2) is 14.4 Å². The standard InChI is InChI=1S/C17H17FN4O2S/c1-9-19-8-12(25)14(20-9)15-13(10-4-6-11(18)7-5-10)21-16(22-15)17(23-2)24-3/h4-8,17,19,25H,1H2,2-3H3,(H,21,22). The highest BCUT2D eigenvalue weighted by molar-refractivity contribution is 7.85. The average molecular weight is 360 g/mol. The summed E-state index contributed by atoms with van der Waals surface area (Å²) in [6.45, 7) is 3.80. The van der Waals surface area contributed by atoms with E-state index >= 15 is 0 Å². The van der Waals surface area contributed by atoms with Crippen molar-refractivity contribution in [2.24, 2.45) is 4.99 Å². The highest BCUT2D eigenvalue weighted by Crippen LogP contribution is 2.29. The molecular weight excluding hydrogens is 343 g/mol. The number of hydrogen-bond acceptors (Lipinski definition) is 6. The van der Waals surface area contributed by atoms with Gasteiger partial charge in [0.15, 0.2) is 5.82 Å². The second kappa shape index (κ2) is 7.22. The van der Waals surface area contributed by atoms with Crippen LogP contribution in [-0.2, 0) is 9.47 Å². The Hall–Kier alpha value is -2.42. The summed E-state index contributed by atoms with van der Waals surface area (Å²) < 4.78 is 23.8. The molecule has 0 radical (unpaired) electrons. The Morgan fingerprint density at radius 1 is 1.20 bits per heavy atom. The Morgan fingerprint density at radius 2 is 1.88 bits per heavy atom. The first-order chi connectivity index (χ1) is 12.0. The fourth-order valence-corrected chi connectivity index (χ4v) is 2.67. The summed E-state index contributed by atoms with van der Waals surface area (Å²) in [5.74, 6) is 0.617. The molecule has 2 heterocycles. The van der Waals surface area contributed by atoms with Gasteiger partial charge in [0.1, 0.15) is 17.3 Å². The largest absolute Gasteiger partial charge is 0.349 e. The highest BCUT2D eigenvalue weighted by Gasteiger charge is 2.24. The fourth-order valence-electron chi connectivity index (χ4n) is 2.44. The average Bonchev–Trinajstić information content (AvgIpc) is 3.03. The van der Waals surface area contributed by atoms with E-state index in [0.717, 1.165) is 5.56 Å². The molecule has 0 saturated carbocycles. The van der Waals surface area contributed by atoms with Crippen LogP contribution >= 0.6 is 12.6 Å². The number of benzene rings is 1. The second-order valence-corrected chi connectivity index (χ2v) is 5.72. The van der Waals surface area contributed by atoms with E-state index in [-0.39, 0.29) is 5.82 Å². The Bertz CT molecular complexity index is 854. The molecule has 0 unspecified atom stereocenters. The third kappa shape index (κ3) is 3.51. The second-order valence-electron chi connectivity index (χ2n) is 5.24. The van der Waals surface area contributed by atoms with Crippen LogP contribution in [0.3, 0.4) is 0 Å². The van der Waals surface area contributed by atoms with Crippen LogP contribution in [-0.4, -0.2) is 29.9 Å². The van der Waals surface area contributed by atoms with Crippen LogP contribution in [0.1, 0.15) is 17.8 Å². The van der Waals surface area contributed by atoms with Gasteiger partial charge in [0, 0.05) is 30.9 Å². The van der Waals surface area contributed by atoms with Crippen LogP contribution in [0.5, 0.6) is 0 Å². The Balaban J connectivity index is 2.17. The molecule has 0 fully saturated rings. The smallest absolute Gasteiger partial charge is 0.216 e. The lowest BCUT2D eigenvalue weighted by Crippen LogP contribution is -2.16. The lowest BCUT2D eigenvalue weighted by Gasteiger charge is -2.14. The van der Waals surface area contributed by atoms with Crippen LogP contribution in [0, 0.1) is 5.82 Å². The number of nitrogens with one attached hydrogen (secondary N) is 2. The number of methoxy groups -OCH3 is 2. The zero-order chi connectivity index (χ0) is 18.0. The molecule has 3 rings (SSSR count). The fraction of sp³-hybridized carbons (Fsp3) is 0.176. The van der Waals surface area contributed by atoms with Crippen molar-refractivity contribution in [2.75, 3.05) is 14.2 Å². The predicted octanol–water partition coefficient (Wildman–Crippen LogP) is 3.14. The number of ether oxygens (including phenoxy) is 2. The minimum atomic E-state index is -0.675. The molecule has 0 atom stereocenters. The molecular formula is C17H17FN4O2S. The van der Waals surface area contributed by atoms with Gasteiger partial charge in [-0.2, -0.15) is 0 Å². The van der Waals surface area contributed by atoms with Crippen molar-refractivity contribution in [3.63, 3.8) is 0 Å². The Morgan fingerprint density at radius 3 is 2.52 bits per heavy atom. The molecule has 0 aliphatic carbocycles. The molecule has 0 saturated heterocycles. The quantitative estimate of drug-likeness (QED) is 0.566. The topological polar surface area (TPSA) is 71.5 Å². The molecule has 1 aliphatic rings. The number of aliphatic imine (C=N–C) groups is 1. The summed E-state index contributed by atoms with van der Waals surface area (Å²) in [6, 6.07) is 6.04. The van der Waals surface area contributed by atoms with E-state index < -0.39 is 6.29 Å². The number of allylic oxidation sites excluding steroid dienone is 1. The SMILES string of the molecule is C=C1N=C(c2[nH]c(C(OC)OC)nc2-c2ccc(F)cc2)C(S)=CN1. The van der Waals surface area contributed by atoms with Crippen molar-refractivity contribution in [3.8, 4) is 11.3 Å². The number of halogens is 1. The van der Waals surface area contributed by atoms with Gasteiger partial charge in [0.05, 0.1) is 11.4 Å². The zero-order valence-corrected chi connectivity index (χ0v) is 14.6. The predicted molar refractivity (Wildman–Crippen MR) is 96.6 cm³/mol. The summed E-state index contributed by atoms with van der Waals surface area (Å²) >= 11 is 4.45. The third-order valence-corrected chi connectivity index (χ3v) is 3.93.